The lowest BCUT2D eigenvalue weighted by Gasteiger charge is -2.20. The van der Waals surface area contributed by atoms with Gasteiger partial charge in [-0.1, -0.05) is 36.4 Å². The van der Waals surface area contributed by atoms with Crippen LogP contribution in [0.5, 0.6) is 11.5 Å². The third-order valence-electron chi connectivity index (χ3n) is 3.87. The van der Waals surface area contributed by atoms with Gasteiger partial charge in [0.25, 0.3) is 0 Å². The minimum Gasteiger partial charge on any atom is -0.410 e. The third-order valence-corrected chi connectivity index (χ3v) is 5.60. The van der Waals surface area contributed by atoms with Gasteiger partial charge >= 0.3 is 12.2 Å². The molecule has 0 saturated carbocycles. The largest absolute Gasteiger partial charge is 0.412 e. The van der Waals surface area contributed by atoms with Crippen molar-refractivity contribution in [2.24, 2.45) is 0 Å². The summed E-state index contributed by atoms with van der Waals surface area (Å²) in [6, 6.07) is 15.1. The maximum Gasteiger partial charge on any atom is 0.412 e. The van der Waals surface area contributed by atoms with Crippen LogP contribution in [0.25, 0.3) is 0 Å². The summed E-state index contributed by atoms with van der Waals surface area (Å²) in [5.74, 6) is 0.0491. The standard InChI is InChI=1S/C18H18N2O6S/c21-17(25-13-7-3-1-4-8-13)19-15-11-27(23,24)12-16(15)20-18(22)26-14-9-5-2-6-10-14/h1-10,15-16H,11-12H2,(H,19,21)(H,20,22). The molecule has 0 aliphatic carbocycles. The number of ether oxygens (including phenoxy) is 2. The second-order valence-corrected chi connectivity index (χ2v) is 8.14. The molecule has 9 heteroatoms. The van der Waals surface area contributed by atoms with Crippen LogP contribution in [0.2, 0.25) is 0 Å². The molecule has 0 radical (unpaired) electrons. The van der Waals surface area contributed by atoms with Gasteiger partial charge in [-0.25, -0.2) is 18.0 Å². The molecule has 3 rings (SSSR count). The second-order valence-electron chi connectivity index (χ2n) is 5.98. The van der Waals surface area contributed by atoms with Crippen LogP contribution in [0.4, 0.5) is 9.59 Å². The number of hydrogen-bond donors (Lipinski definition) is 2. The summed E-state index contributed by atoms with van der Waals surface area (Å²) in [5.41, 5.74) is 0. The fourth-order valence-electron chi connectivity index (χ4n) is 2.68. The molecule has 1 aliphatic heterocycles. The van der Waals surface area contributed by atoms with Crippen LogP contribution in [0.1, 0.15) is 0 Å². The summed E-state index contributed by atoms with van der Waals surface area (Å²) in [7, 11) is -3.42. The van der Waals surface area contributed by atoms with Gasteiger partial charge in [0.1, 0.15) is 11.5 Å². The summed E-state index contributed by atoms with van der Waals surface area (Å²) < 4.78 is 34.1. The lowest BCUT2D eigenvalue weighted by molar-refractivity contribution is 0.186. The zero-order valence-electron chi connectivity index (χ0n) is 14.2. The third kappa shape index (κ3) is 5.45. The van der Waals surface area contributed by atoms with E-state index >= 15 is 0 Å². The molecule has 2 atom stereocenters. The van der Waals surface area contributed by atoms with Crippen molar-refractivity contribution < 1.29 is 27.5 Å². The molecule has 1 aliphatic rings. The van der Waals surface area contributed by atoms with Crippen molar-refractivity contribution in [3.8, 4) is 11.5 Å². The average Bonchev–Trinajstić information content (AvgIpc) is 2.89. The highest BCUT2D eigenvalue weighted by Crippen LogP contribution is 2.15. The molecule has 0 aromatic heterocycles. The smallest absolute Gasteiger partial charge is 0.410 e. The topological polar surface area (TPSA) is 111 Å². The second kappa shape index (κ2) is 8.09. The molecule has 1 saturated heterocycles. The van der Waals surface area contributed by atoms with Gasteiger partial charge < -0.3 is 20.1 Å². The van der Waals surface area contributed by atoms with Crippen molar-refractivity contribution in [3.63, 3.8) is 0 Å². The predicted octanol–water partition coefficient (Wildman–Crippen LogP) is 1.73. The van der Waals surface area contributed by atoms with Gasteiger partial charge in [-0.05, 0) is 24.3 Å². The van der Waals surface area contributed by atoms with E-state index in [1.54, 1.807) is 60.7 Å². The molecule has 2 amide bonds. The number of benzene rings is 2. The van der Waals surface area contributed by atoms with E-state index in [9.17, 15) is 18.0 Å². The van der Waals surface area contributed by atoms with Crippen molar-refractivity contribution in [3.05, 3.63) is 60.7 Å². The Morgan fingerprint density at radius 3 is 1.48 bits per heavy atom. The van der Waals surface area contributed by atoms with Crippen LogP contribution in [0.15, 0.2) is 60.7 Å². The summed E-state index contributed by atoms with van der Waals surface area (Å²) in [5, 5.41) is 4.98. The number of carbonyl (C=O) groups excluding carboxylic acids is 2. The quantitative estimate of drug-likeness (QED) is 0.823. The van der Waals surface area contributed by atoms with Crippen LogP contribution in [-0.2, 0) is 9.84 Å². The highest BCUT2D eigenvalue weighted by atomic mass is 32.2. The first-order chi connectivity index (χ1) is 12.9. The van der Waals surface area contributed by atoms with Gasteiger partial charge in [0, 0.05) is 0 Å². The average molecular weight is 390 g/mol. The number of nitrogens with one attached hydrogen (secondary N) is 2. The van der Waals surface area contributed by atoms with Gasteiger partial charge in [0.2, 0.25) is 0 Å². The number of hydrogen-bond acceptors (Lipinski definition) is 6. The number of carbonyl (C=O) groups is 2. The maximum absolute atomic E-state index is 12.0. The zero-order valence-corrected chi connectivity index (χ0v) is 15.0. The van der Waals surface area contributed by atoms with Crippen LogP contribution in [0.3, 0.4) is 0 Å². The predicted molar refractivity (Wildman–Crippen MR) is 97.4 cm³/mol. The van der Waals surface area contributed by atoms with Crippen molar-refractivity contribution in [2.75, 3.05) is 11.5 Å². The van der Waals surface area contributed by atoms with Gasteiger partial charge in [-0.2, -0.15) is 0 Å². The van der Waals surface area contributed by atoms with E-state index in [1.807, 2.05) is 0 Å². The Kier molecular flexibility index (Phi) is 5.60. The fourth-order valence-corrected chi connectivity index (χ4v) is 4.55. The molecule has 2 N–H and O–H groups in total. The Hall–Kier alpha value is -3.07. The molecule has 1 fully saturated rings. The highest BCUT2D eigenvalue weighted by molar-refractivity contribution is 7.91. The maximum atomic E-state index is 12.0. The Morgan fingerprint density at radius 2 is 1.11 bits per heavy atom. The molecule has 2 aromatic carbocycles. The van der Waals surface area contributed by atoms with E-state index in [4.69, 9.17) is 9.47 Å². The van der Waals surface area contributed by atoms with Crippen LogP contribution in [-0.4, -0.2) is 44.2 Å². The summed E-state index contributed by atoms with van der Waals surface area (Å²) >= 11 is 0. The van der Waals surface area contributed by atoms with Crippen LogP contribution in [0, 0.1) is 0 Å². The number of sulfone groups is 1. The lowest BCUT2D eigenvalue weighted by atomic mass is 10.2. The molecular formula is C18H18N2O6S. The fraction of sp³-hybridized carbons (Fsp3) is 0.222. The molecule has 0 bridgehead atoms. The molecule has 27 heavy (non-hydrogen) atoms. The van der Waals surface area contributed by atoms with E-state index in [-0.39, 0.29) is 11.5 Å². The van der Waals surface area contributed by atoms with Gasteiger partial charge in [0.05, 0.1) is 23.6 Å². The van der Waals surface area contributed by atoms with Crippen molar-refractivity contribution in [1.82, 2.24) is 10.6 Å². The Labute approximate surface area is 156 Å². The lowest BCUT2D eigenvalue weighted by Crippen LogP contribution is -2.52. The Balaban J connectivity index is 1.60. The highest BCUT2D eigenvalue weighted by Gasteiger charge is 2.40. The Bertz CT molecular complexity index is 832. The van der Waals surface area contributed by atoms with Crippen LogP contribution < -0.4 is 20.1 Å². The Morgan fingerprint density at radius 1 is 0.741 bits per heavy atom. The monoisotopic (exact) mass is 390 g/mol. The van der Waals surface area contributed by atoms with Gasteiger partial charge in [-0.15, -0.1) is 0 Å². The van der Waals surface area contributed by atoms with E-state index in [0.717, 1.165) is 0 Å². The number of para-hydroxylation sites is 2. The van der Waals surface area contributed by atoms with Gasteiger partial charge in [0.15, 0.2) is 9.84 Å². The minimum atomic E-state index is -3.42. The van der Waals surface area contributed by atoms with E-state index in [0.29, 0.717) is 11.5 Å². The number of amides is 2. The molecule has 142 valence electrons. The van der Waals surface area contributed by atoms with Crippen LogP contribution >= 0.6 is 0 Å². The summed E-state index contributed by atoms with van der Waals surface area (Å²) in [6.07, 6.45) is -1.60. The van der Waals surface area contributed by atoms with E-state index in [1.165, 1.54) is 0 Å². The van der Waals surface area contributed by atoms with Gasteiger partial charge in [-0.3, -0.25) is 0 Å². The first-order valence-electron chi connectivity index (χ1n) is 8.18. The molecule has 1 heterocycles. The molecule has 2 aromatic rings. The van der Waals surface area contributed by atoms with Crippen molar-refractivity contribution in [2.45, 2.75) is 12.1 Å². The molecule has 2 unspecified atom stereocenters. The molecule has 8 nitrogen and oxygen atoms in total. The first kappa shape index (κ1) is 18.7. The summed E-state index contributed by atoms with van der Waals surface area (Å²) in [4.78, 5) is 24.1. The number of rotatable bonds is 4. The zero-order chi connectivity index (χ0) is 19.3. The molecular weight excluding hydrogens is 372 g/mol. The SMILES string of the molecule is O=C(NC1CS(=O)(=O)CC1NC(=O)Oc1ccccc1)Oc1ccccc1. The van der Waals surface area contributed by atoms with Crippen molar-refractivity contribution >= 4 is 22.0 Å². The van der Waals surface area contributed by atoms with Crippen molar-refractivity contribution in [1.29, 1.82) is 0 Å². The minimum absolute atomic E-state index is 0.298. The normalized spacial score (nSPS) is 20.4. The van der Waals surface area contributed by atoms with E-state index in [2.05, 4.69) is 10.6 Å². The summed E-state index contributed by atoms with van der Waals surface area (Å²) in [6.45, 7) is 0. The first-order valence-corrected chi connectivity index (χ1v) is 10.0. The molecule has 0 spiro atoms. The van der Waals surface area contributed by atoms with E-state index < -0.39 is 34.1 Å².